The number of hydrogen-bond donors (Lipinski definition) is 1. The maximum atomic E-state index is 12.7. The van der Waals surface area contributed by atoms with Gasteiger partial charge in [-0.1, -0.05) is 11.6 Å². The third-order valence-corrected chi connectivity index (χ3v) is 5.73. The van der Waals surface area contributed by atoms with Crippen LogP contribution < -0.4 is 0 Å². The molecular formula is C19H29N7O. The third kappa shape index (κ3) is 4.21. The van der Waals surface area contributed by atoms with Gasteiger partial charge in [0.05, 0.1) is 25.0 Å². The molecule has 146 valence electrons. The van der Waals surface area contributed by atoms with E-state index in [4.69, 9.17) is 0 Å². The van der Waals surface area contributed by atoms with Gasteiger partial charge in [-0.2, -0.15) is 5.10 Å². The Morgan fingerprint density at radius 3 is 2.81 bits per heavy atom. The fourth-order valence-electron chi connectivity index (χ4n) is 4.10. The average Bonchev–Trinajstić information content (AvgIpc) is 3.34. The van der Waals surface area contributed by atoms with Crippen molar-refractivity contribution >= 4 is 5.91 Å². The molecule has 0 atom stereocenters. The van der Waals surface area contributed by atoms with Crippen LogP contribution in [0, 0.1) is 0 Å². The van der Waals surface area contributed by atoms with E-state index in [0.717, 1.165) is 44.7 Å². The predicted octanol–water partition coefficient (Wildman–Crippen LogP) is 1.64. The Balaban J connectivity index is 1.33. The number of nitrogens with one attached hydrogen (secondary N) is 1. The molecule has 0 bridgehead atoms. The molecule has 4 rings (SSSR count). The highest BCUT2D eigenvalue weighted by Crippen LogP contribution is 2.23. The summed E-state index contributed by atoms with van der Waals surface area (Å²) < 4.78 is 1.78. The van der Waals surface area contributed by atoms with Gasteiger partial charge in [0.15, 0.2) is 5.69 Å². The van der Waals surface area contributed by atoms with E-state index >= 15 is 0 Å². The normalized spacial score (nSPS) is 17.7. The smallest absolute Gasteiger partial charge is 0.276 e. The van der Waals surface area contributed by atoms with Gasteiger partial charge in [-0.15, -0.1) is 5.10 Å². The van der Waals surface area contributed by atoms with E-state index in [1.54, 1.807) is 22.8 Å². The number of aromatic amines is 1. The molecule has 0 spiro atoms. The maximum absolute atomic E-state index is 12.7. The number of nitrogens with zero attached hydrogens (tertiary/aromatic N) is 6. The lowest BCUT2D eigenvalue weighted by Gasteiger charge is -2.25. The van der Waals surface area contributed by atoms with Crippen molar-refractivity contribution in [2.75, 3.05) is 26.7 Å². The predicted molar refractivity (Wildman–Crippen MR) is 101 cm³/mol. The highest BCUT2D eigenvalue weighted by molar-refractivity contribution is 5.91. The standard InChI is InChI=1S/C19H29N7O/c1-24(13-17-15-7-3-4-8-16(15)20-21-17)19(27)18-14-26(23-22-18)12-11-25-9-5-2-6-10-25/h14H,2-13H2,1H3,(H,20,21). The van der Waals surface area contributed by atoms with Crippen LogP contribution in [-0.4, -0.2) is 67.6 Å². The lowest BCUT2D eigenvalue weighted by atomic mass is 9.96. The monoisotopic (exact) mass is 371 g/mol. The molecule has 0 radical (unpaired) electrons. The van der Waals surface area contributed by atoms with Gasteiger partial charge in [0.2, 0.25) is 0 Å². The lowest BCUT2D eigenvalue weighted by molar-refractivity contribution is 0.0777. The Hall–Kier alpha value is -2.22. The largest absolute Gasteiger partial charge is 0.334 e. The second-order valence-corrected chi connectivity index (χ2v) is 7.76. The first-order chi connectivity index (χ1) is 13.2. The molecule has 1 amide bonds. The zero-order valence-corrected chi connectivity index (χ0v) is 16.2. The Kier molecular flexibility index (Phi) is 5.52. The van der Waals surface area contributed by atoms with Gasteiger partial charge in [-0.25, -0.2) is 0 Å². The fraction of sp³-hybridized carbons (Fsp3) is 0.684. The van der Waals surface area contributed by atoms with Crippen molar-refractivity contribution in [3.8, 4) is 0 Å². The number of aryl methyl sites for hydroxylation is 1. The quantitative estimate of drug-likeness (QED) is 0.835. The Morgan fingerprint density at radius 2 is 1.96 bits per heavy atom. The van der Waals surface area contributed by atoms with Crippen molar-refractivity contribution in [1.29, 1.82) is 0 Å². The minimum Gasteiger partial charge on any atom is -0.334 e. The topological polar surface area (TPSA) is 82.9 Å². The molecular weight excluding hydrogens is 342 g/mol. The van der Waals surface area contributed by atoms with Crippen molar-refractivity contribution in [3.05, 3.63) is 28.8 Å². The first-order valence-electron chi connectivity index (χ1n) is 10.1. The van der Waals surface area contributed by atoms with Gasteiger partial charge in [0.25, 0.3) is 5.91 Å². The van der Waals surface area contributed by atoms with Crippen LogP contribution in [0.25, 0.3) is 0 Å². The van der Waals surface area contributed by atoms with Crippen molar-refractivity contribution in [2.45, 2.75) is 58.0 Å². The van der Waals surface area contributed by atoms with E-state index < -0.39 is 0 Å². The Labute approximate surface area is 159 Å². The minimum absolute atomic E-state index is 0.105. The summed E-state index contributed by atoms with van der Waals surface area (Å²) in [5.74, 6) is -0.105. The number of H-pyrrole nitrogens is 1. The van der Waals surface area contributed by atoms with Crippen molar-refractivity contribution in [1.82, 2.24) is 35.0 Å². The molecule has 2 aromatic rings. The van der Waals surface area contributed by atoms with E-state index in [2.05, 4.69) is 25.4 Å². The average molecular weight is 371 g/mol. The van der Waals surface area contributed by atoms with Gasteiger partial charge in [-0.05, 0) is 57.2 Å². The third-order valence-electron chi connectivity index (χ3n) is 5.73. The molecule has 27 heavy (non-hydrogen) atoms. The van der Waals surface area contributed by atoms with Crippen LogP contribution in [0.15, 0.2) is 6.20 Å². The van der Waals surface area contributed by atoms with Crippen LogP contribution in [0.4, 0.5) is 0 Å². The Bertz CT molecular complexity index is 775. The van der Waals surface area contributed by atoms with Crippen LogP contribution in [0.3, 0.4) is 0 Å². The molecule has 0 aromatic carbocycles. The molecule has 1 fully saturated rings. The van der Waals surface area contributed by atoms with E-state index in [1.165, 1.54) is 43.4 Å². The summed E-state index contributed by atoms with van der Waals surface area (Å²) in [6.45, 7) is 4.57. The van der Waals surface area contributed by atoms with Crippen LogP contribution in [0.1, 0.15) is 59.5 Å². The number of hydrogen-bond acceptors (Lipinski definition) is 5. The number of likely N-dealkylation sites (tertiary alicyclic amines) is 1. The van der Waals surface area contributed by atoms with Crippen LogP contribution in [0.2, 0.25) is 0 Å². The summed E-state index contributed by atoms with van der Waals surface area (Å²) in [5.41, 5.74) is 3.92. The highest BCUT2D eigenvalue weighted by atomic mass is 16.2. The van der Waals surface area contributed by atoms with Gasteiger partial charge in [-0.3, -0.25) is 14.6 Å². The van der Waals surface area contributed by atoms with Crippen LogP contribution in [-0.2, 0) is 25.9 Å². The molecule has 0 saturated carbocycles. The zero-order chi connectivity index (χ0) is 18.6. The summed E-state index contributed by atoms with van der Waals surface area (Å²) in [4.78, 5) is 16.9. The number of amides is 1. The zero-order valence-electron chi connectivity index (χ0n) is 16.2. The minimum atomic E-state index is -0.105. The summed E-state index contributed by atoms with van der Waals surface area (Å²) in [6, 6.07) is 0. The lowest BCUT2D eigenvalue weighted by Crippen LogP contribution is -2.32. The molecule has 8 nitrogen and oxygen atoms in total. The van der Waals surface area contributed by atoms with Crippen molar-refractivity contribution in [3.63, 3.8) is 0 Å². The molecule has 1 saturated heterocycles. The van der Waals surface area contributed by atoms with Crippen molar-refractivity contribution in [2.24, 2.45) is 0 Å². The first kappa shape index (κ1) is 18.2. The van der Waals surface area contributed by atoms with Gasteiger partial charge in [0, 0.05) is 19.3 Å². The second kappa shape index (κ2) is 8.21. The second-order valence-electron chi connectivity index (χ2n) is 7.76. The number of carbonyl (C=O) groups excluding carboxylic acids is 1. The molecule has 1 aliphatic heterocycles. The number of carbonyl (C=O) groups is 1. The molecule has 3 heterocycles. The van der Waals surface area contributed by atoms with Gasteiger partial charge < -0.3 is 9.80 Å². The number of aromatic nitrogens is 5. The van der Waals surface area contributed by atoms with E-state index in [0.29, 0.717) is 12.2 Å². The molecule has 8 heteroatoms. The van der Waals surface area contributed by atoms with Crippen LogP contribution in [0.5, 0.6) is 0 Å². The van der Waals surface area contributed by atoms with Crippen molar-refractivity contribution < 1.29 is 4.79 Å². The summed E-state index contributed by atoms with van der Waals surface area (Å²) in [7, 11) is 1.80. The van der Waals surface area contributed by atoms with E-state index in [1.807, 2.05) is 0 Å². The molecule has 1 N–H and O–H groups in total. The molecule has 0 unspecified atom stereocenters. The summed E-state index contributed by atoms with van der Waals surface area (Å²) in [5, 5.41) is 15.8. The van der Waals surface area contributed by atoms with Crippen LogP contribution >= 0.6 is 0 Å². The molecule has 1 aliphatic carbocycles. The van der Waals surface area contributed by atoms with E-state index in [9.17, 15) is 4.79 Å². The van der Waals surface area contributed by atoms with Gasteiger partial charge in [0.1, 0.15) is 0 Å². The molecule has 2 aliphatic rings. The summed E-state index contributed by atoms with van der Waals surface area (Å²) in [6.07, 6.45) is 10.2. The highest BCUT2D eigenvalue weighted by Gasteiger charge is 2.21. The number of piperidine rings is 1. The maximum Gasteiger partial charge on any atom is 0.276 e. The van der Waals surface area contributed by atoms with E-state index in [-0.39, 0.29) is 5.91 Å². The number of fused-ring (bicyclic) bond motifs is 1. The summed E-state index contributed by atoms with van der Waals surface area (Å²) >= 11 is 0. The first-order valence-corrected chi connectivity index (χ1v) is 10.1. The fourth-order valence-corrected chi connectivity index (χ4v) is 4.10. The van der Waals surface area contributed by atoms with Gasteiger partial charge >= 0.3 is 0 Å². The Morgan fingerprint density at radius 1 is 1.15 bits per heavy atom. The molecule has 2 aromatic heterocycles. The number of rotatable bonds is 6. The SMILES string of the molecule is CN(Cc1n[nH]c2c1CCCC2)C(=O)c1cn(CCN2CCCCC2)nn1.